The third-order valence-electron chi connectivity index (χ3n) is 4.72. The third-order valence-corrected chi connectivity index (χ3v) is 5.92. The summed E-state index contributed by atoms with van der Waals surface area (Å²) in [4.78, 5) is 12.3. The third kappa shape index (κ3) is 7.47. The van der Waals surface area contributed by atoms with Crippen LogP contribution in [0.2, 0.25) is 0 Å². The number of hydrogen-bond acceptors (Lipinski definition) is 4. The molecule has 0 atom stereocenters. The zero-order valence-electron chi connectivity index (χ0n) is 17.7. The van der Waals surface area contributed by atoms with E-state index < -0.39 is 10.0 Å². The van der Waals surface area contributed by atoms with Crippen molar-refractivity contribution in [3.05, 3.63) is 101 Å². The predicted octanol–water partition coefficient (Wildman–Crippen LogP) is 3.48. The quantitative estimate of drug-likeness (QED) is 0.507. The summed E-state index contributed by atoms with van der Waals surface area (Å²) in [6.07, 6.45) is 1.09. The molecule has 0 radical (unpaired) electrons. The van der Waals surface area contributed by atoms with Crippen LogP contribution in [0.1, 0.15) is 16.7 Å². The Morgan fingerprint density at radius 2 is 1.53 bits per heavy atom. The molecule has 0 aliphatic carbocycles. The van der Waals surface area contributed by atoms with Gasteiger partial charge in [-0.1, -0.05) is 54.6 Å². The molecule has 0 bridgehead atoms. The van der Waals surface area contributed by atoms with Crippen molar-refractivity contribution in [2.24, 2.45) is 0 Å². The van der Waals surface area contributed by atoms with E-state index in [9.17, 15) is 17.6 Å². The summed E-state index contributed by atoms with van der Waals surface area (Å²) in [5, 5.41) is 2.75. The molecule has 1 N–H and O–H groups in total. The fraction of sp³-hybridized carbons (Fsp3) is 0.208. The Balaban J connectivity index is 1.49. The van der Waals surface area contributed by atoms with E-state index in [0.717, 1.165) is 27.3 Å². The van der Waals surface area contributed by atoms with E-state index in [-0.39, 0.29) is 31.4 Å². The summed E-state index contributed by atoms with van der Waals surface area (Å²) in [6.45, 7) is 0.457. The van der Waals surface area contributed by atoms with Crippen LogP contribution in [0.25, 0.3) is 0 Å². The van der Waals surface area contributed by atoms with Gasteiger partial charge in [0.25, 0.3) is 0 Å². The first-order chi connectivity index (χ1) is 15.3. The van der Waals surface area contributed by atoms with Crippen molar-refractivity contribution in [3.63, 3.8) is 0 Å². The average Bonchev–Trinajstić information content (AvgIpc) is 2.78. The molecule has 1 amide bonds. The van der Waals surface area contributed by atoms with Gasteiger partial charge >= 0.3 is 0 Å². The van der Waals surface area contributed by atoms with Crippen LogP contribution in [-0.4, -0.2) is 31.4 Å². The highest BCUT2D eigenvalue weighted by Crippen LogP contribution is 2.15. The minimum absolute atomic E-state index is 0.132. The van der Waals surface area contributed by atoms with Crippen molar-refractivity contribution in [2.75, 3.05) is 12.8 Å². The highest BCUT2D eigenvalue weighted by molar-refractivity contribution is 7.88. The number of carbonyl (C=O) groups is 1. The van der Waals surface area contributed by atoms with Crippen molar-refractivity contribution in [3.8, 4) is 5.75 Å². The molecule has 0 aromatic heterocycles. The highest BCUT2D eigenvalue weighted by atomic mass is 32.2. The van der Waals surface area contributed by atoms with Gasteiger partial charge in [0.05, 0.1) is 12.8 Å². The topological polar surface area (TPSA) is 75.7 Å². The number of ether oxygens (including phenoxy) is 1. The first kappa shape index (κ1) is 23.4. The van der Waals surface area contributed by atoms with Crippen LogP contribution in [0.15, 0.2) is 78.9 Å². The molecular formula is C24H25FN2O4S. The maximum absolute atomic E-state index is 12.9. The van der Waals surface area contributed by atoms with E-state index in [1.165, 1.54) is 12.1 Å². The normalized spacial score (nSPS) is 11.3. The molecule has 3 aromatic carbocycles. The zero-order valence-corrected chi connectivity index (χ0v) is 18.5. The Hall–Kier alpha value is -3.23. The lowest BCUT2D eigenvalue weighted by molar-refractivity contribution is -0.121. The number of carbonyl (C=O) groups excluding carboxylic acids is 1. The van der Waals surface area contributed by atoms with Gasteiger partial charge < -0.3 is 10.1 Å². The Labute approximate surface area is 187 Å². The van der Waals surface area contributed by atoms with Gasteiger partial charge in [0.15, 0.2) is 0 Å². The molecular weight excluding hydrogens is 431 g/mol. The maximum Gasteiger partial charge on any atom is 0.235 e. The first-order valence-electron chi connectivity index (χ1n) is 10.0. The second-order valence-corrected chi connectivity index (χ2v) is 9.33. The van der Waals surface area contributed by atoms with E-state index in [0.29, 0.717) is 12.4 Å². The molecule has 0 unspecified atom stereocenters. The van der Waals surface area contributed by atoms with E-state index in [1.54, 1.807) is 24.3 Å². The van der Waals surface area contributed by atoms with Gasteiger partial charge in [0, 0.05) is 13.1 Å². The minimum Gasteiger partial charge on any atom is -0.489 e. The van der Waals surface area contributed by atoms with Gasteiger partial charge in [0.1, 0.15) is 18.2 Å². The van der Waals surface area contributed by atoms with Gasteiger partial charge in [-0.05, 0) is 41.0 Å². The van der Waals surface area contributed by atoms with Gasteiger partial charge in [0.2, 0.25) is 15.9 Å². The van der Waals surface area contributed by atoms with E-state index >= 15 is 0 Å². The van der Waals surface area contributed by atoms with Crippen molar-refractivity contribution < 1.29 is 22.3 Å². The number of rotatable bonds is 10. The van der Waals surface area contributed by atoms with Gasteiger partial charge in [-0.15, -0.1) is 0 Å². The highest BCUT2D eigenvalue weighted by Gasteiger charge is 2.20. The summed E-state index contributed by atoms with van der Waals surface area (Å²) >= 11 is 0. The first-order valence-corrected chi connectivity index (χ1v) is 11.9. The Morgan fingerprint density at radius 3 is 2.16 bits per heavy atom. The molecule has 0 aliphatic heterocycles. The summed E-state index contributed by atoms with van der Waals surface area (Å²) in [5.74, 6) is -0.0293. The molecule has 0 fully saturated rings. The van der Waals surface area contributed by atoms with Gasteiger partial charge in [-0.3, -0.25) is 4.79 Å². The standard InChI is InChI=1S/C24H25FN2O4S/c1-32(29,30)27(16-20-5-3-2-4-6-20)17-24(28)26-15-19-9-13-23(14-10-19)31-18-21-7-11-22(25)12-8-21/h2-14H,15-18H2,1H3,(H,26,28). The van der Waals surface area contributed by atoms with Crippen LogP contribution in [0.5, 0.6) is 5.75 Å². The molecule has 3 rings (SSSR count). The van der Waals surface area contributed by atoms with Gasteiger partial charge in [-0.2, -0.15) is 4.31 Å². The summed E-state index contributed by atoms with van der Waals surface area (Å²) < 4.78 is 43.9. The second-order valence-electron chi connectivity index (χ2n) is 7.35. The SMILES string of the molecule is CS(=O)(=O)N(CC(=O)NCc1ccc(OCc2ccc(F)cc2)cc1)Cc1ccccc1. The fourth-order valence-electron chi connectivity index (χ4n) is 2.95. The van der Waals surface area contributed by atoms with Crippen LogP contribution in [0, 0.1) is 5.82 Å². The number of halogens is 1. The monoisotopic (exact) mass is 456 g/mol. The molecule has 168 valence electrons. The van der Waals surface area contributed by atoms with Crippen molar-refractivity contribution in [2.45, 2.75) is 19.7 Å². The Morgan fingerprint density at radius 1 is 0.906 bits per heavy atom. The number of nitrogens with one attached hydrogen (secondary N) is 1. The van der Waals surface area contributed by atoms with Crippen molar-refractivity contribution >= 4 is 15.9 Å². The number of benzene rings is 3. The van der Waals surface area contributed by atoms with Crippen LogP contribution >= 0.6 is 0 Å². The number of nitrogens with zero attached hydrogens (tertiary/aromatic N) is 1. The van der Waals surface area contributed by atoms with E-state index in [2.05, 4.69) is 5.32 Å². The van der Waals surface area contributed by atoms with Gasteiger partial charge in [-0.25, -0.2) is 12.8 Å². The molecule has 6 nitrogen and oxygen atoms in total. The predicted molar refractivity (Wildman–Crippen MR) is 121 cm³/mol. The molecule has 0 heterocycles. The molecule has 8 heteroatoms. The lowest BCUT2D eigenvalue weighted by Crippen LogP contribution is -2.39. The van der Waals surface area contributed by atoms with Crippen molar-refractivity contribution in [1.29, 1.82) is 0 Å². The Bertz CT molecular complexity index is 1120. The van der Waals surface area contributed by atoms with Crippen LogP contribution in [0.3, 0.4) is 0 Å². The maximum atomic E-state index is 12.9. The zero-order chi connectivity index (χ0) is 23.0. The van der Waals surface area contributed by atoms with E-state index in [4.69, 9.17) is 4.74 Å². The summed E-state index contributed by atoms with van der Waals surface area (Å²) in [7, 11) is -3.54. The molecule has 0 aliphatic rings. The van der Waals surface area contributed by atoms with Crippen LogP contribution in [0.4, 0.5) is 4.39 Å². The summed E-state index contributed by atoms with van der Waals surface area (Å²) in [6, 6.07) is 22.4. The lowest BCUT2D eigenvalue weighted by Gasteiger charge is -2.19. The molecule has 32 heavy (non-hydrogen) atoms. The van der Waals surface area contributed by atoms with Crippen LogP contribution in [-0.2, 0) is 34.5 Å². The second kappa shape index (κ2) is 10.9. The number of amides is 1. The fourth-order valence-corrected chi connectivity index (χ4v) is 3.68. The Kier molecular flexibility index (Phi) is 7.97. The van der Waals surface area contributed by atoms with Crippen LogP contribution < -0.4 is 10.1 Å². The molecule has 0 saturated carbocycles. The van der Waals surface area contributed by atoms with E-state index in [1.807, 2.05) is 42.5 Å². The molecule has 0 spiro atoms. The molecule has 0 saturated heterocycles. The minimum atomic E-state index is -3.54. The summed E-state index contributed by atoms with van der Waals surface area (Å²) in [5.41, 5.74) is 2.51. The smallest absolute Gasteiger partial charge is 0.235 e. The lowest BCUT2D eigenvalue weighted by atomic mass is 10.2. The number of sulfonamides is 1. The molecule has 3 aromatic rings. The van der Waals surface area contributed by atoms with Crippen molar-refractivity contribution in [1.82, 2.24) is 9.62 Å². The average molecular weight is 457 g/mol. The largest absolute Gasteiger partial charge is 0.489 e. The number of hydrogen-bond donors (Lipinski definition) is 1.